The van der Waals surface area contributed by atoms with E-state index in [1.807, 2.05) is 36.7 Å². The number of rotatable bonds is 4. The molecule has 0 fully saturated rings. The Bertz CT molecular complexity index is 1060. The van der Waals surface area contributed by atoms with Gasteiger partial charge in [-0.2, -0.15) is 0 Å². The summed E-state index contributed by atoms with van der Waals surface area (Å²) in [5, 5.41) is 4.88. The minimum Gasteiger partial charge on any atom is -0.489 e. The van der Waals surface area contributed by atoms with E-state index in [0.717, 1.165) is 24.2 Å². The van der Waals surface area contributed by atoms with Gasteiger partial charge < -0.3 is 15.0 Å². The van der Waals surface area contributed by atoms with Gasteiger partial charge in [-0.05, 0) is 53.4 Å². The molecule has 1 aliphatic rings. The third kappa shape index (κ3) is 3.09. The van der Waals surface area contributed by atoms with Gasteiger partial charge in [0.15, 0.2) is 0 Å². The minimum absolute atomic E-state index is 0.179. The first-order valence-corrected chi connectivity index (χ1v) is 9.33. The summed E-state index contributed by atoms with van der Waals surface area (Å²) < 4.78 is 6.03. The van der Waals surface area contributed by atoms with Crippen molar-refractivity contribution in [3.8, 4) is 5.75 Å². The summed E-state index contributed by atoms with van der Waals surface area (Å²) in [4.78, 5) is 7.77. The molecule has 0 radical (unpaired) electrons. The van der Waals surface area contributed by atoms with Crippen molar-refractivity contribution in [2.45, 2.75) is 19.1 Å². The van der Waals surface area contributed by atoms with E-state index in [2.05, 4.69) is 51.7 Å². The van der Waals surface area contributed by atoms with E-state index >= 15 is 0 Å². The van der Waals surface area contributed by atoms with Crippen molar-refractivity contribution < 1.29 is 4.74 Å². The van der Waals surface area contributed by atoms with E-state index in [1.54, 1.807) is 0 Å². The highest BCUT2D eigenvalue weighted by Gasteiger charge is 2.25. The number of benzene rings is 2. The summed E-state index contributed by atoms with van der Waals surface area (Å²) in [5.41, 5.74) is 6.21. The highest BCUT2D eigenvalue weighted by atomic mass is 16.5. The molecule has 4 heteroatoms. The van der Waals surface area contributed by atoms with Gasteiger partial charge in [0.1, 0.15) is 12.4 Å². The van der Waals surface area contributed by atoms with Crippen LogP contribution >= 0.6 is 0 Å². The lowest BCUT2D eigenvalue weighted by molar-refractivity contribution is 0.306. The third-order valence-electron chi connectivity index (χ3n) is 5.21. The first kappa shape index (κ1) is 16.1. The molecule has 2 aromatic heterocycles. The van der Waals surface area contributed by atoms with Crippen molar-refractivity contribution in [2.24, 2.45) is 0 Å². The Balaban J connectivity index is 1.47. The van der Waals surface area contributed by atoms with Gasteiger partial charge in [0, 0.05) is 35.5 Å². The van der Waals surface area contributed by atoms with E-state index in [-0.39, 0.29) is 6.04 Å². The van der Waals surface area contributed by atoms with Crippen LogP contribution in [0.1, 0.15) is 28.4 Å². The Morgan fingerprint density at radius 3 is 2.70 bits per heavy atom. The van der Waals surface area contributed by atoms with Crippen molar-refractivity contribution >= 4 is 10.9 Å². The standard InChI is InChI=1S/C23H21N3O/c1-2-4-16(5-3-1)15-27-18-6-7-21-20(14-18)19-10-13-25-22(23(19)26-21)17-8-11-24-12-9-17/h1-9,11-12,14,22,25-26H,10,13,15H2. The molecule has 2 N–H and O–H groups in total. The van der Waals surface area contributed by atoms with Crippen LogP contribution in [0.5, 0.6) is 5.75 Å². The monoisotopic (exact) mass is 355 g/mol. The molecule has 2 aromatic carbocycles. The summed E-state index contributed by atoms with van der Waals surface area (Å²) in [6.45, 7) is 1.54. The Morgan fingerprint density at radius 1 is 1.00 bits per heavy atom. The Labute approximate surface area is 158 Å². The molecule has 1 unspecified atom stereocenters. The maximum Gasteiger partial charge on any atom is 0.120 e. The van der Waals surface area contributed by atoms with Crippen LogP contribution in [0.3, 0.4) is 0 Å². The second-order valence-electron chi connectivity index (χ2n) is 6.92. The largest absolute Gasteiger partial charge is 0.489 e. The van der Waals surface area contributed by atoms with Gasteiger partial charge in [-0.25, -0.2) is 0 Å². The van der Waals surface area contributed by atoms with Gasteiger partial charge >= 0.3 is 0 Å². The van der Waals surface area contributed by atoms with E-state index in [9.17, 15) is 0 Å². The smallest absolute Gasteiger partial charge is 0.120 e. The Morgan fingerprint density at radius 2 is 1.85 bits per heavy atom. The average Bonchev–Trinajstić information content (AvgIpc) is 3.12. The number of nitrogens with one attached hydrogen (secondary N) is 2. The van der Waals surface area contributed by atoms with Crippen molar-refractivity contribution in [1.29, 1.82) is 0 Å². The molecule has 0 amide bonds. The van der Waals surface area contributed by atoms with E-state index in [4.69, 9.17) is 4.74 Å². The zero-order valence-electron chi connectivity index (χ0n) is 15.0. The molecule has 5 rings (SSSR count). The zero-order chi connectivity index (χ0) is 18.1. The maximum absolute atomic E-state index is 6.03. The number of hydrogen-bond donors (Lipinski definition) is 2. The van der Waals surface area contributed by atoms with Gasteiger partial charge in [0.2, 0.25) is 0 Å². The molecule has 134 valence electrons. The Kier molecular flexibility index (Phi) is 4.11. The maximum atomic E-state index is 6.03. The number of aromatic amines is 1. The molecule has 4 nitrogen and oxygen atoms in total. The van der Waals surface area contributed by atoms with Crippen LogP contribution in [0.2, 0.25) is 0 Å². The number of nitrogens with zero attached hydrogens (tertiary/aromatic N) is 1. The molecule has 3 heterocycles. The molecule has 0 saturated heterocycles. The van der Waals surface area contributed by atoms with Gasteiger partial charge in [0.05, 0.1) is 6.04 Å². The van der Waals surface area contributed by atoms with Gasteiger partial charge in [-0.1, -0.05) is 30.3 Å². The average molecular weight is 355 g/mol. The first-order valence-electron chi connectivity index (χ1n) is 9.33. The van der Waals surface area contributed by atoms with Gasteiger partial charge in [-0.3, -0.25) is 4.98 Å². The van der Waals surface area contributed by atoms with Crippen LogP contribution in [0, 0.1) is 0 Å². The van der Waals surface area contributed by atoms with Crippen LogP contribution in [0.25, 0.3) is 10.9 Å². The molecule has 4 aromatic rings. The predicted octanol–water partition coefficient (Wildman–Crippen LogP) is 4.38. The number of ether oxygens (including phenoxy) is 1. The van der Waals surface area contributed by atoms with Crippen LogP contribution in [0.15, 0.2) is 73.1 Å². The van der Waals surface area contributed by atoms with Crippen LogP contribution in [-0.4, -0.2) is 16.5 Å². The summed E-state index contributed by atoms with van der Waals surface area (Å²) in [7, 11) is 0. The van der Waals surface area contributed by atoms with E-state index in [0.29, 0.717) is 6.61 Å². The highest BCUT2D eigenvalue weighted by Crippen LogP contribution is 2.35. The molecular formula is C23H21N3O. The minimum atomic E-state index is 0.179. The molecule has 1 atom stereocenters. The normalized spacial score (nSPS) is 16.2. The fraction of sp³-hybridized carbons (Fsp3) is 0.174. The number of aromatic nitrogens is 2. The van der Waals surface area contributed by atoms with Gasteiger partial charge in [-0.15, -0.1) is 0 Å². The van der Waals surface area contributed by atoms with Crippen molar-refractivity contribution in [3.63, 3.8) is 0 Å². The Hall–Kier alpha value is -3.11. The summed E-state index contributed by atoms with van der Waals surface area (Å²) in [6, 6.07) is 20.9. The summed E-state index contributed by atoms with van der Waals surface area (Å²) in [5.74, 6) is 0.909. The lowest BCUT2D eigenvalue weighted by atomic mass is 9.95. The van der Waals surface area contributed by atoms with E-state index in [1.165, 1.54) is 27.8 Å². The third-order valence-corrected chi connectivity index (χ3v) is 5.21. The fourth-order valence-electron chi connectivity index (χ4n) is 3.88. The molecule has 0 saturated carbocycles. The number of hydrogen-bond acceptors (Lipinski definition) is 3. The number of H-pyrrole nitrogens is 1. The topological polar surface area (TPSA) is 49.9 Å². The lowest BCUT2D eigenvalue weighted by Gasteiger charge is -2.24. The predicted molar refractivity (Wildman–Crippen MR) is 107 cm³/mol. The summed E-state index contributed by atoms with van der Waals surface area (Å²) in [6.07, 6.45) is 4.71. The first-order chi connectivity index (χ1) is 13.4. The fourth-order valence-corrected chi connectivity index (χ4v) is 3.88. The molecular weight excluding hydrogens is 334 g/mol. The lowest BCUT2D eigenvalue weighted by Crippen LogP contribution is -2.30. The van der Waals surface area contributed by atoms with Crippen molar-refractivity contribution in [3.05, 3.63) is 95.4 Å². The second-order valence-corrected chi connectivity index (χ2v) is 6.92. The van der Waals surface area contributed by atoms with Crippen LogP contribution in [-0.2, 0) is 13.0 Å². The quantitative estimate of drug-likeness (QED) is 0.571. The highest BCUT2D eigenvalue weighted by molar-refractivity contribution is 5.86. The summed E-state index contributed by atoms with van der Waals surface area (Å²) >= 11 is 0. The molecule has 1 aliphatic heterocycles. The van der Waals surface area contributed by atoms with E-state index < -0.39 is 0 Å². The SMILES string of the molecule is c1ccc(COc2ccc3[nH]c4c(c3c2)CCNC4c2ccncc2)cc1. The molecule has 0 bridgehead atoms. The van der Waals surface area contributed by atoms with Crippen molar-refractivity contribution in [2.75, 3.05) is 6.54 Å². The molecule has 0 aliphatic carbocycles. The van der Waals surface area contributed by atoms with Gasteiger partial charge in [0.25, 0.3) is 0 Å². The molecule has 27 heavy (non-hydrogen) atoms. The van der Waals surface area contributed by atoms with Crippen LogP contribution in [0.4, 0.5) is 0 Å². The van der Waals surface area contributed by atoms with Crippen LogP contribution < -0.4 is 10.1 Å². The number of pyridine rings is 1. The van der Waals surface area contributed by atoms with Crippen molar-refractivity contribution in [1.82, 2.24) is 15.3 Å². The molecule has 0 spiro atoms. The second kappa shape index (κ2) is 6.89. The zero-order valence-corrected chi connectivity index (χ0v) is 15.0. The number of fused-ring (bicyclic) bond motifs is 3.